The Morgan fingerprint density at radius 2 is 1.08 bits per heavy atom. The number of nitriles is 2. The highest BCUT2D eigenvalue weighted by Gasteiger charge is 2.59. The van der Waals surface area contributed by atoms with Crippen LogP contribution in [0.15, 0.2) is 42.5 Å². The molecule has 0 aliphatic carbocycles. The standard InChI is InChI=1S/C36H40N6O6S.C29H35N5O6/c1-17-11-20-12-23-25(14-37)42-24(29(41(23)4)27(20)31(44)32(17)46-5)13-22-28(34-33(47-16-48-34)18(2)30(22)43)26(42)15-38-35(45)19(3)39-36(49)40-21-9-7-6-8-10-21;1-12-6-15-7-17-19(9-30)34-18(23(33(17)4)21(15)25(36)26(12)38-5)8-16-22(20(34)10-32-29(37)14(3)31)28-27(39-11-40-28)13(2)24(16)35/h6-11,19,23-26,29,43-44H,12-13,15-16H2,1-5H3,(H,38,45)(H2,39,40,49);6,14,17-20,23,35-36H,7-8,10-11,31H2,1-5H3,(H,32,37)/t19-,23+,24?,25+,26+,29+;14-,17-,18?,19-,20-,23-/m10/s1. The summed E-state index contributed by atoms with van der Waals surface area (Å²) in [6, 6.07) is 13.4. The monoisotopic (exact) mass is 1230 g/mol. The van der Waals surface area contributed by atoms with Gasteiger partial charge in [0.2, 0.25) is 25.4 Å². The molecular weight excluding hydrogens is 1160 g/mol. The number of aryl methyl sites for hydroxylation is 2. The highest BCUT2D eigenvalue weighted by atomic mass is 32.1. The van der Waals surface area contributed by atoms with Crippen molar-refractivity contribution in [3.05, 3.63) is 109 Å². The average molecular weight is 1230 g/mol. The Kier molecular flexibility index (Phi) is 16.0. The molecule has 13 rings (SSSR count). The van der Waals surface area contributed by atoms with E-state index in [2.05, 4.69) is 53.0 Å². The summed E-state index contributed by atoms with van der Waals surface area (Å²) in [6.07, 6.45) is 1.86. The molecule has 5 aromatic rings. The Hall–Kier alpha value is -8.49. The van der Waals surface area contributed by atoms with E-state index in [0.717, 1.165) is 39.1 Å². The molecule has 4 bridgehead atoms. The average Bonchev–Trinajstić information content (AvgIpc) is 1.27. The van der Waals surface area contributed by atoms with Gasteiger partial charge in [-0.3, -0.25) is 29.2 Å². The zero-order chi connectivity index (χ0) is 63.3. The van der Waals surface area contributed by atoms with Crippen molar-refractivity contribution in [1.29, 1.82) is 10.5 Å². The van der Waals surface area contributed by atoms with Crippen molar-refractivity contribution in [2.45, 2.75) is 140 Å². The van der Waals surface area contributed by atoms with Gasteiger partial charge in [-0.1, -0.05) is 30.3 Å². The van der Waals surface area contributed by atoms with Gasteiger partial charge in [0.25, 0.3) is 0 Å². The van der Waals surface area contributed by atoms with Crippen LogP contribution in [0.2, 0.25) is 0 Å². The largest absolute Gasteiger partial charge is 0.507 e. The summed E-state index contributed by atoms with van der Waals surface area (Å²) in [7, 11) is 7.06. The molecule has 24 heteroatoms. The molecule has 5 aromatic carbocycles. The Balaban J connectivity index is 0.000000176. The summed E-state index contributed by atoms with van der Waals surface area (Å²) in [5.41, 5.74) is 15.7. The number of ether oxygens (including phenoxy) is 6. The lowest BCUT2D eigenvalue weighted by Gasteiger charge is -2.60. The fourth-order valence-corrected chi connectivity index (χ4v) is 16.0. The third-order valence-electron chi connectivity index (χ3n) is 19.7. The molecular formula is C65H75N11O12S. The number of nitrogens with zero attached hydrogens (tertiary/aromatic N) is 6. The second-order valence-corrected chi connectivity index (χ2v) is 24.9. The Morgan fingerprint density at radius 3 is 1.49 bits per heavy atom. The van der Waals surface area contributed by atoms with Gasteiger partial charge < -0.3 is 75.8 Å². The molecule has 2 amide bonds. The van der Waals surface area contributed by atoms with E-state index in [9.17, 15) is 40.5 Å². The summed E-state index contributed by atoms with van der Waals surface area (Å²) < 4.78 is 34.8. The predicted octanol–water partition coefficient (Wildman–Crippen LogP) is 5.40. The molecule has 89 heavy (non-hydrogen) atoms. The van der Waals surface area contributed by atoms with Gasteiger partial charge in [-0.15, -0.1) is 0 Å². The number of rotatable bonds is 10. The lowest BCUT2D eigenvalue weighted by atomic mass is 9.71. The van der Waals surface area contributed by atoms with Crippen LogP contribution >= 0.6 is 12.2 Å². The molecule has 23 nitrogen and oxygen atoms in total. The molecule has 468 valence electrons. The van der Waals surface area contributed by atoms with E-state index in [1.165, 1.54) is 0 Å². The van der Waals surface area contributed by atoms with E-state index in [-0.39, 0.29) is 97.7 Å². The second kappa shape index (κ2) is 23.5. The topological polar surface area (TPSA) is 305 Å². The van der Waals surface area contributed by atoms with Crippen LogP contribution in [-0.4, -0.2) is 160 Å². The summed E-state index contributed by atoms with van der Waals surface area (Å²) >= 11 is 5.47. The molecule has 8 aliphatic rings. The van der Waals surface area contributed by atoms with E-state index in [1.807, 2.05) is 70.4 Å². The minimum Gasteiger partial charge on any atom is -0.507 e. The second-order valence-electron chi connectivity index (χ2n) is 24.5. The van der Waals surface area contributed by atoms with Crippen LogP contribution in [0, 0.1) is 50.4 Å². The maximum Gasteiger partial charge on any atom is 0.242 e. The smallest absolute Gasteiger partial charge is 0.242 e. The summed E-state index contributed by atoms with van der Waals surface area (Å²) in [4.78, 5) is 34.9. The minimum absolute atomic E-state index is 0.00253. The van der Waals surface area contributed by atoms with Gasteiger partial charge in [0.15, 0.2) is 51.1 Å². The van der Waals surface area contributed by atoms with Crippen molar-refractivity contribution in [3.8, 4) is 69.6 Å². The number of nitrogens with one attached hydrogen (secondary N) is 4. The molecule has 0 radical (unpaired) electrons. The number of phenolic OH excluding ortho intramolecular Hbond substituents is 4. The predicted molar refractivity (Wildman–Crippen MR) is 331 cm³/mol. The summed E-state index contributed by atoms with van der Waals surface area (Å²) in [5, 5.41) is 80.2. The number of phenols is 4. The van der Waals surface area contributed by atoms with Gasteiger partial charge in [0, 0.05) is 87.5 Å². The van der Waals surface area contributed by atoms with Crippen molar-refractivity contribution in [2.75, 3.05) is 60.3 Å². The van der Waals surface area contributed by atoms with Crippen LogP contribution in [0.3, 0.4) is 0 Å². The highest BCUT2D eigenvalue weighted by molar-refractivity contribution is 7.80. The van der Waals surface area contributed by atoms with Crippen LogP contribution in [0.5, 0.6) is 57.5 Å². The zero-order valence-electron chi connectivity index (χ0n) is 51.4. The maximum atomic E-state index is 13.6. The number of nitrogens with two attached hydrogens (primary N) is 1. The third-order valence-corrected chi connectivity index (χ3v) is 19.9. The van der Waals surface area contributed by atoms with Crippen LogP contribution < -0.4 is 55.4 Å². The van der Waals surface area contributed by atoms with Gasteiger partial charge in [0.1, 0.15) is 29.6 Å². The number of amides is 2. The van der Waals surface area contributed by atoms with Gasteiger partial charge >= 0.3 is 0 Å². The Morgan fingerprint density at radius 1 is 0.652 bits per heavy atom. The first kappa shape index (κ1) is 60.8. The summed E-state index contributed by atoms with van der Waals surface area (Å²) in [5.74, 6) is 2.62. The SMILES string of the molecule is COc1c(C)cc2c(c1O)[C@@H]1C3Cc4c(O)c(C)c5c(c4[C@H](CNC(=O)[C@@H](C)NC(=S)Nc4ccccc4)N3[C@@H](C#N)[C@H](C2)N1C)OCO5.COc1c(C)cc2c(c1O)[C@@H]1C3Cc4c(O)c(C)c5c(c4[C@H](CNC(=O)[C@H](C)N)N3[C@@H](C#N)[C@H](C2)N1C)OCO5. The van der Waals surface area contributed by atoms with Crippen molar-refractivity contribution < 1.29 is 58.4 Å². The molecule has 0 saturated carbocycles. The van der Waals surface area contributed by atoms with Crippen LogP contribution in [0.4, 0.5) is 5.69 Å². The van der Waals surface area contributed by atoms with Crippen LogP contribution in [-0.2, 0) is 35.3 Å². The molecule has 8 heterocycles. The van der Waals surface area contributed by atoms with E-state index in [4.69, 9.17) is 46.4 Å². The number of likely N-dealkylation sites (N-methyl/N-ethyl adjacent to an activating group) is 2. The van der Waals surface area contributed by atoms with Gasteiger partial charge in [-0.05, 0) is 128 Å². The number of carbonyl (C=O) groups is 2. The van der Waals surface area contributed by atoms with Crippen molar-refractivity contribution in [3.63, 3.8) is 0 Å². The molecule has 2 unspecified atom stereocenters. The Bertz CT molecular complexity index is 3820. The van der Waals surface area contributed by atoms with Crippen molar-refractivity contribution in [2.24, 2.45) is 5.73 Å². The third kappa shape index (κ3) is 9.74. The van der Waals surface area contributed by atoms with Gasteiger partial charge in [0.05, 0.1) is 56.6 Å². The number of benzene rings is 5. The van der Waals surface area contributed by atoms with Crippen molar-refractivity contribution in [1.82, 2.24) is 35.6 Å². The first-order valence-corrected chi connectivity index (χ1v) is 30.3. The quantitative estimate of drug-likeness (QED) is 0.0791. The van der Waals surface area contributed by atoms with Crippen LogP contribution in [0.1, 0.15) is 105 Å². The van der Waals surface area contributed by atoms with E-state index < -0.39 is 36.3 Å². The molecule has 12 atom stereocenters. The normalized spacial score (nSPS) is 25.4. The van der Waals surface area contributed by atoms with E-state index in [1.54, 1.807) is 41.9 Å². The van der Waals surface area contributed by atoms with Gasteiger partial charge in [-0.2, -0.15) is 10.5 Å². The lowest BCUT2D eigenvalue weighted by Crippen LogP contribution is -2.68. The molecule has 2 fully saturated rings. The minimum atomic E-state index is -0.714. The number of carbonyl (C=O) groups excluding carboxylic acids is 2. The molecule has 8 aliphatic heterocycles. The number of fused-ring (bicyclic) bond motifs is 18. The first-order valence-electron chi connectivity index (χ1n) is 29.9. The maximum absolute atomic E-state index is 13.6. The molecule has 10 N–H and O–H groups in total. The number of para-hydroxylation sites is 1. The fraction of sp³-hybridized carbons (Fsp3) is 0.462. The fourth-order valence-electron chi connectivity index (χ4n) is 15.7. The van der Waals surface area contributed by atoms with Gasteiger partial charge in [-0.25, -0.2) is 0 Å². The molecule has 0 spiro atoms. The molecule has 2 saturated heterocycles. The molecule has 0 aromatic heterocycles. The number of hydrogen-bond donors (Lipinski definition) is 9. The number of hydrogen-bond acceptors (Lipinski definition) is 20. The summed E-state index contributed by atoms with van der Waals surface area (Å²) in [6.45, 7) is 11.0. The highest BCUT2D eigenvalue weighted by Crippen LogP contribution is 2.60. The number of anilines is 1. The van der Waals surface area contributed by atoms with E-state index >= 15 is 0 Å². The number of methoxy groups -OCH3 is 2. The number of aromatic hydroxyl groups is 4. The zero-order valence-corrected chi connectivity index (χ0v) is 52.2. The Labute approximate surface area is 521 Å². The number of piperazine rings is 2. The first-order chi connectivity index (χ1) is 42.6. The van der Waals surface area contributed by atoms with Crippen molar-refractivity contribution >= 4 is 34.8 Å². The number of thiocarbonyl (C=S) groups is 1. The van der Waals surface area contributed by atoms with E-state index in [0.29, 0.717) is 98.7 Å². The van der Waals surface area contributed by atoms with Crippen LogP contribution in [0.25, 0.3) is 0 Å². The lowest BCUT2D eigenvalue weighted by molar-refractivity contribution is -0.124.